The molecule has 1 saturated heterocycles. The largest absolute Gasteiger partial charge is 0.507 e. The van der Waals surface area contributed by atoms with Gasteiger partial charge >= 0.3 is 11.8 Å². The Morgan fingerprint density at radius 2 is 1.64 bits per heavy atom. The number of carbonyl (C=O) groups excluding carboxylic acids is 2. The first-order chi connectivity index (χ1) is 32.1. The summed E-state index contributed by atoms with van der Waals surface area (Å²) in [7, 11) is 1.45. The number of aromatic hydroxyl groups is 1. The van der Waals surface area contributed by atoms with Gasteiger partial charge in [0.05, 0.1) is 35.2 Å². The van der Waals surface area contributed by atoms with Crippen molar-refractivity contribution < 1.29 is 70.4 Å². The van der Waals surface area contributed by atoms with Crippen LogP contribution in [-0.4, -0.2) is 112 Å². The molecule has 0 aliphatic carbocycles. The molecule has 3 aliphatic rings. The number of phenols is 1. The maximum absolute atomic E-state index is 14.9. The Kier molecular flexibility index (Phi) is 16.0. The number of allylic oxidation sites excluding steroid dienone is 2. The van der Waals surface area contributed by atoms with Crippen LogP contribution in [0.5, 0.6) is 11.5 Å². The van der Waals surface area contributed by atoms with Crippen LogP contribution in [0, 0.1) is 36.5 Å². The van der Waals surface area contributed by atoms with E-state index in [1.807, 2.05) is 0 Å². The number of hydrogen-bond donors (Lipinski definition) is 5. The molecule has 1 aromatic heterocycles. The first-order valence-electron chi connectivity index (χ1n) is 23.2. The SMILES string of the molecule is CO[C@H]1/C=C/OC2(C)Oc3c(C)c(O)c4c(=O)c(c5oc6cc(N7CCN(CC(C)C)CC7)cc(=O)c6nc5c4c3=C2O)NC(=O)/C(C)=C\C=C\[C@H](C)[C@H](O)[C@@H](C)[C@@H](O)[C@@H](C)[C@H](OC(C)=O)[C@@H]1C.[Fe]. The van der Waals surface area contributed by atoms with E-state index in [9.17, 15) is 39.6 Å². The molecule has 1 amide bonds. The number of rotatable bonds is 5. The number of esters is 1. The zero-order valence-electron chi connectivity index (χ0n) is 40.9. The minimum absolute atomic E-state index is 0. The number of hydrogen-bond acceptors (Lipinski definition) is 16. The van der Waals surface area contributed by atoms with Crippen molar-refractivity contribution in [2.24, 2.45) is 29.6 Å². The summed E-state index contributed by atoms with van der Waals surface area (Å²) in [5.74, 6) is -6.43. The van der Waals surface area contributed by atoms with Gasteiger partial charge in [-0.05, 0) is 25.8 Å². The summed E-state index contributed by atoms with van der Waals surface area (Å²) in [6.07, 6.45) is 3.57. The number of nitrogens with zero attached hydrogens (tertiary/aromatic N) is 3. The normalized spacial score (nSPS) is 29.1. The minimum atomic E-state index is -1.98. The van der Waals surface area contributed by atoms with Crippen molar-refractivity contribution in [3.05, 3.63) is 79.5 Å². The zero-order valence-corrected chi connectivity index (χ0v) is 42.0. The molecule has 4 heterocycles. The Morgan fingerprint density at radius 1 is 0.957 bits per heavy atom. The van der Waals surface area contributed by atoms with Crippen LogP contribution in [-0.2, 0) is 40.9 Å². The first-order valence-corrected chi connectivity index (χ1v) is 23.2. The fraction of sp³-hybridized carbons (Fsp3) is 0.510. The second-order valence-electron chi connectivity index (χ2n) is 19.2. The van der Waals surface area contributed by atoms with E-state index in [1.165, 1.54) is 59.3 Å². The molecule has 1 unspecified atom stereocenters. The Balaban J connectivity index is 0.00000782. The number of carbonyl (C=O) groups is 2. The summed E-state index contributed by atoms with van der Waals surface area (Å²) in [6, 6.07) is 3.16. The second kappa shape index (κ2) is 20.8. The monoisotopic (exact) mass is 996 g/mol. The number of fused-ring (bicyclic) bond motifs is 2. The second-order valence-corrected chi connectivity index (χ2v) is 19.2. The summed E-state index contributed by atoms with van der Waals surface area (Å²) < 4.78 is 30.5. The molecule has 69 heavy (non-hydrogen) atoms. The van der Waals surface area contributed by atoms with Gasteiger partial charge in [-0.15, -0.1) is 0 Å². The Morgan fingerprint density at radius 3 is 2.28 bits per heavy atom. The van der Waals surface area contributed by atoms with Crippen molar-refractivity contribution >= 4 is 62.0 Å². The number of aliphatic hydroxyl groups excluding tert-OH is 3. The van der Waals surface area contributed by atoms with Crippen LogP contribution < -0.4 is 31.0 Å². The van der Waals surface area contributed by atoms with Crippen LogP contribution in [0.3, 0.4) is 0 Å². The summed E-state index contributed by atoms with van der Waals surface area (Å²) in [5.41, 5.74) is -1.35. The quantitative estimate of drug-likeness (QED) is 0.0736. The van der Waals surface area contributed by atoms with Crippen molar-refractivity contribution in [3.63, 3.8) is 0 Å². The predicted octanol–water partition coefficient (Wildman–Crippen LogP) is 5.34. The molecule has 4 aromatic rings. The van der Waals surface area contributed by atoms with Gasteiger partial charge in [-0.3, -0.25) is 24.1 Å². The number of nitrogens with one attached hydrogen (secondary N) is 1. The fourth-order valence-electron chi connectivity index (χ4n) is 9.76. The molecule has 1 fully saturated rings. The number of benzene rings is 3. The van der Waals surface area contributed by atoms with Gasteiger partial charge in [-0.25, -0.2) is 4.98 Å². The summed E-state index contributed by atoms with van der Waals surface area (Å²) >= 11 is 0. The van der Waals surface area contributed by atoms with Gasteiger partial charge < -0.3 is 54.0 Å². The standard InChI is InChI=1S/C51H64N4O13.Fe/c1-24(2)23-54-16-18-55(19-17-54)32-21-33(57)39-35(22-32)67-48-40(52-39)36-37-44(60)30(8)47-38(36)49(62)51(10,68-47)65-20-15-34(64-11)27(5)46(66-31(9)56)29(7)43(59)28(6)42(58)25(3)13-12-14-26(4)50(63)53-41(48)45(37)61;/h12-15,20-22,24-25,27-29,34,42-43,46,58-60,62H,16-19,23H2,1-11H3,(H,53,63);/b13-12+,20-15+,26-14-;/t25-,27+,28+,29+,34-,42-,43+,46+,51?;/m0./s1. The molecular formula is C51H64FeN4O13. The van der Waals surface area contributed by atoms with Crippen molar-refractivity contribution in [2.75, 3.05) is 50.1 Å². The molecule has 4 bridgehead atoms. The van der Waals surface area contributed by atoms with Crippen LogP contribution in [0.2, 0.25) is 0 Å². The molecule has 17 nitrogen and oxygen atoms in total. The van der Waals surface area contributed by atoms with Crippen molar-refractivity contribution in [3.8, 4) is 11.5 Å². The molecular weight excluding hydrogens is 932 g/mol. The van der Waals surface area contributed by atoms with Crippen LogP contribution in [0.4, 0.5) is 11.4 Å². The van der Waals surface area contributed by atoms with E-state index in [4.69, 9.17) is 28.3 Å². The van der Waals surface area contributed by atoms with Gasteiger partial charge in [0, 0.05) is 129 Å². The maximum Gasteiger partial charge on any atom is 0.307 e. The maximum atomic E-state index is 14.9. The molecule has 5 N–H and O–H groups in total. The van der Waals surface area contributed by atoms with E-state index in [-0.39, 0.29) is 77.8 Å². The minimum Gasteiger partial charge on any atom is -0.507 e. The van der Waals surface area contributed by atoms with Gasteiger partial charge in [0.25, 0.3) is 5.91 Å². The number of anilines is 2. The molecule has 18 heteroatoms. The smallest absolute Gasteiger partial charge is 0.307 e. The van der Waals surface area contributed by atoms with E-state index in [0.29, 0.717) is 24.7 Å². The van der Waals surface area contributed by atoms with Crippen LogP contribution in [0.1, 0.15) is 67.9 Å². The molecule has 0 radical (unpaired) electrons. The van der Waals surface area contributed by atoms with E-state index >= 15 is 0 Å². The number of aliphatic hydroxyl groups is 3. The van der Waals surface area contributed by atoms with Crippen LogP contribution >= 0.6 is 0 Å². The number of methoxy groups -OCH3 is 1. The summed E-state index contributed by atoms with van der Waals surface area (Å²) in [6.45, 7) is 20.8. The fourth-order valence-corrected chi connectivity index (χ4v) is 9.76. The molecule has 7 rings (SSSR count). The molecule has 9 atom stereocenters. The summed E-state index contributed by atoms with van der Waals surface area (Å²) in [4.78, 5) is 64.7. The molecule has 0 spiro atoms. The zero-order chi connectivity index (χ0) is 49.7. The van der Waals surface area contributed by atoms with Crippen LogP contribution in [0.25, 0.3) is 38.7 Å². The van der Waals surface area contributed by atoms with E-state index in [2.05, 4.69) is 29.0 Å². The third-order valence-corrected chi connectivity index (χ3v) is 13.8. The third-order valence-electron chi connectivity index (χ3n) is 13.8. The van der Waals surface area contributed by atoms with Gasteiger partial charge in [-0.2, -0.15) is 0 Å². The van der Waals surface area contributed by atoms with E-state index in [0.717, 1.165) is 19.6 Å². The Bertz CT molecular complexity index is 2910. The Labute approximate surface area is 410 Å². The molecule has 3 aromatic carbocycles. The van der Waals surface area contributed by atoms with E-state index in [1.54, 1.807) is 45.9 Å². The van der Waals surface area contributed by atoms with Gasteiger partial charge in [0.2, 0.25) is 10.9 Å². The van der Waals surface area contributed by atoms with Gasteiger partial charge in [0.1, 0.15) is 28.8 Å². The van der Waals surface area contributed by atoms with Crippen molar-refractivity contribution in [1.82, 2.24) is 9.88 Å². The third kappa shape index (κ3) is 10.1. The number of phenolic OH excluding ortho intramolecular Hbond substituents is 1. The molecule has 0 saturated carbocycles. The topological polar surface area (TPSA) is 231 Å². The molecule has 374 valence electrons. The van der Waals surface area contributed by atoms with E-state index < -0.39 is 88.1 Å². The number of amides is 1. The average molecular weight is 997 g/mol. The number of aromatic nitrogens is 1. The first kappa shape index (κ1) is 52.9. The Hall–Kier alpha value is -5.49. The molecule has 3 aliphatic heterocycles. The van der Waals surface area contributed by atoms with Crippen molar-refractivity contribution in [1.29, 1.82) is 0 Å². The van der Waals surface area contributed by atoms with Crippen molar-refractivity contribution in [2.45, 2.75) is 99.4 Å². The average Bonchev–Trinajstić information content (AvgIpc) is 3.56. The van der Waals surface area contributed by atoms with Crippen LogP contribution in [0.15, 0.2) is 62.3 Å². The predicted molar refractivity (Wildman–Crippen MR) is 259 cm³/mol. The van der Waals surface area contributed by atoms with Gasteiger partial charge in [-0.1, -0.05) is 59.8 Å². The number of ether oxygens (including phenoxy) is 4. The number of piperazine rings is 1. The van der Waals surface area contributed by atoms with Gasteiger partial charge in [0.15, 0.2) is 22.4 Å². The summed E-state index contributed by atoms with van der Waals surface area (Å²) in [5, 5.41) is 49.3.